The zero-order chi connectivity index (χ0) is 13.7. The number of benzene rings is 1. The maximum Gasteiger partial charge on any atom is 0.161 e. The molecule has 0 amide bonds. The largest absolute Gasteiger partial charge is 0.504 e. The molecule has 1 fully saturated rings. The Morgan fingerprint density at radius 3 is 3.05 bits per heavy atom. The van der Waals surface area contributed by atoms with E-state index in [4.69, 9.17) is 4.74 Å². The molecule has 1 aromatic rings. The van der Waals surface area contributed by atoms with Gasteiger partial charge in [-0.2, -0.15) is 0 Å². The third-order valence-corrected chi connectivity index (χ3v) is 3.54. The zero-order valence-corrected chi connectivity index (χ0v) is 11.9. The summed E-state index contributed by atoms with van der Waals surface area (Å²) in [5.74, 6) is 0.783. The van der Waals surface area contributed by atoms with Crippen molar-refractivity contribution in [3.63, 3.8) is 0 Å². The number of aromatic hydroxyl groups is 1. The number of nitrogens with zero attached hydrogens (tertiary/aromatic N) is 1. The van der Waals surface area contributed by atoms with Crippen LogP contribution in [0.4, 0.5) is 0 Å². The van der Waals surface area contributed by atoms with Gasteiger partial charge in [0.05, 0.1) is 6.61 Å². The molecular weight excluding hydrogens is 240 g/mol. The molecule has 1 saturated heterocycles. The van der Waals surface area contributed by atoms with Crippen LogP contribution in [0.25, 0.3) is 0 Å². The first-order valence-corrected chi connectivity index (χ1v) is 7.05. The minimum atomic E-state index is 0.211. The van der Waals surface area contributed by atoms with Gasteiger partial charge in [0.15, 0.2) is 11.5 Å². The second-order valence-electron chi connectivity index (χ2n) is 5.22. The normalized spacial score (nSPS) is 20.4. The molecule has 2 rings (SSSR count). The standard InChI is InChI=1S/C15H24N2O2/c1-3-19-15-9-12(6-7-14(15)18)10-16-13-5-4-8-17(2)11-13/h6-7,9,13,16,18H,3-5,8,10-11H2,1-2H3. The molecule has 4 heteroatoms. The highest BCUT2D eigenvalue weighted by molar-refractivity contribution is 5.41. The van der Waals surface area contributed by atoms with E-state index in [0.717, 1.165) is 18.7 Å². The number of likely N-dealkylation sites (tertiary alicyclic amines) is 1. The first-order chi connectivity index (χ1) is 9.19. The fourth-order valence-electron chi connectivity index (χ4n) is 2.53. The maximum absolute atomic E-state index is 9.67. The molecule has 19 heavy (non-hydrogen) atoms. The Balaban J connectivity index is 1.90. The number of likely N-dealkylation sites (N-methyl/N-ethyl adjacent to an activating group) is 1. The van der Waals surface area contributed by atoms with E-state index in [9.17, 15) is 5.11 Å². The molecule has 1 atom stereocenters. The summed E-state index contributed by atoms with van der Waals surface area (Å²) in [6.07, 6.45) is 2.49. The highest BCUT2D eigenvalue weighted by Gasteiger charge is 2.16. The Labute approximate surface area is 115 Å². The first kappa shape index (κ1) is 14.2. The lowest BCUT2D eigenvalue weighted by Gasteiger charge is -2.30. The van der Waals surface area contributed by atoms with E-state index in [0.29, 0.717) is 18.4 Å². The summed E-state index contributed by atoms with van der Waals surface area (Å²) in [6, 6.07) is 6.12. The van der Waals surface area contributed by atoms with Crippen molar-refractivity contribution in [1.82, 2.24) is 10.2 Å². The molecule has 1 aliphatic rings. The molecule has 4 nitrogen and oxygen atoms in total. The quantitative estimate of drug-likeness (QED) is 0.853. The number of phenols is 1. The van der Waals surface area contributed by atoms with E-state index in [1.54, 1.807) is 6.07 Å². The molecule has 0 aromatic heterocycles. The molecular formula is C15H24N2O2. The maximum atomic E-state index is 9.67. The number of phenolic OH excluding ortho intramolecular Hbond substituents is 1. The fraction of sp³-hybridized carbons (Fsp3) is 0.600. The fourth-order valence-corrected chi connectivity index (χ4v) is 2.53. The summed E-state index contributed by atoms with van der Waals surface area (Å²) in [4.78, 5) is 2.36. The molecule has 106 valence electrons. The van der Waals surface area contributed by atoms with Gasteiger partial charge in [0.1, 0.15) is 0 Å². The summed E-state index contributed by atoms with van der Waals surface area (Å²) >= 11 is 0. The average Bonchev–Trinajstić information content (AvgIpc) is 2.40. The topological polar surface area (TPSA) is 44.7 Å². The van der Waals surface area contributed by atoms with E-state index in [1.807, 2.05) is 19.1 Å². The van der Waals surface area contributed by atoms with Gasteiger partial charge in [-0.05, 0) is 51.1 Å². The van der Waals surface area contributed by atoms with Crippen LogP contribution in [0.15, 0.2) is 18.2 Å². The Kier molecular flexibility index (Phi) is 5.05. The Morgan fingerprint density at radius 2 is 2.32 bits per heavy atom. The van der Waals surface area contributed by atoms with Crippen molar-refractivity contribution in [3.05, 3.63) is 23.8 Å². The number of nitrogens with one attached hydrogen (secondary N) is 1. The smallest absolute Gasteiger partial charge is 0.161 e. The van der Waals surface area contributed by atoms with Crippen molar-refractivity contribution in [1.29, 1.82) is 0 Å². The van der Waals surface area contributed by atoms with Gasteiger partial charge in [0.25, 0.3) is 0 Å². The predicted octanol–water partition coefficient (Wildman–Crippen LogP) is 1.97. The van der Waals surface area contributed by atoms with Crippen molar-refractivity contribution in [2.24, 2.45) is 0 Å². The van der Waals surface area contributed by atoms with E-state index in [1.165, 1.54) is 19.4 Å². The SMILES string of the molecule is CCOc1cc(CNC2CCCN(C)C2)ccc1O. The van der Waals surface area contributed by atoms with E-state index >= 15 is 0 Å². The predicted molar refractivity (Wildman–Crippen MR) is 76.6 cm³/mol. The number of hydrogen-bond acceptors (Lipinski definition) is 4. The van der Waals surface area contributed by atoms with Gasteiger partial charge >= 0.3 is 0 Å². The lowest BCUT2D eigenvalue weighted by atomic mass is 10.1. The Morgan fingerprint density at radius 1 is 1.47 bits per heavy atom. The molecule has 0 radical (unpaired) electrons. The van der Waals surface area contributed by atoms with Gasteiger partial charge in [-0.1, -0.05) is 6.07 Å². The van der Waals surface area contributed by atoms with Crippen LogP contribution in [0.1, 0.15) is 25.3 Å². The van der Waals surface area contributed by atoms with Crippen LogP contribution < -0.4 is 10.1 Å². The molecule has 1 heterocycles. The van der Waals surface area contributed by atoms with E-state index < -0.39 is 0 Å². The molecule has 0 saturated carbocycles. The minimum absolute atomic E-state index is 0.211. The van der Waals surface area contributed by atoms with Gasteiger partial charge in [-0.3, -0.25) is 0 Å². The molecule has 1 aromatic carbocycles. The van der Waals surface area contributed by atoms with E-state index in [-0.39, 0.29) is 5.75 Å². The van der Waals surface area contributed by atoms with Crippen molar-refractivity contribution in [2.45, 2.75) is 32.4 Å². The van der Waals surface area contributed by atoms with Crippen LogP contribution >= 0.6 is 0 Å². The molecule has 1 aliphatic heterocycles. The monoisotopic (exact) mass is 264 g/mol. The summed E-state index contributed by atoms with van der Waals surface area (Å²) in [5.41, 5.74) is 1.15. The van der Waals surface area contributed by atoms with Crippen LogP contribution in [0.2, 0.25) is 0 Å². The number of rotatable bonds is 5. The van der Waals surface area contributed by atoms with Crippen molar-refractivity contribution >= 4 is 0 Å². The number of piperidine rings is 1. The van der Waals surface area contributed by atoms with Crippen molar-refractivity contribution in [2.75, 3.05) is 26.7 Å². The highest BCUT2D eigenvalue weighted by Crippen LogP contribution is 2.26. The van der Waals surface area contributed by atoms with E-state index in [2.05, 4.69) is 17.3 Å². The van der Waals surface area contributed by atoms with Crippen LogP contribution in [0.5, 0.6) is 11.5 Å². The van der Waals surface area contributed by atoms with Crippen LogP contribution in [-0.4, -0.2) is 42.8 Å². The third kappa shape index (κ3) is 4.11. The summed E-state index contributed by atoms with van der Waals surface area (Å²) in [5, 5.41) is 13.2. The van der Waals surface area contributed by atoms with Crippen molar-refractivity contribution in [3.8, 4) is 11.5 Å². The number of ether oxygens (including phenoxy) is 1. The van der Waals surface area contributed by atoms with Gasteiger partial charge in [-0.15, -0.1) is 0 Å². The summed E-state index contributed by atoms with van der Waals surface area (Å²) in [7, 11) is 2.17. The third-order valence-electron chi connectivity index (χ3n) is 3.54. The number of hydrogen-bond donors (Lipinski definition) is 2. The second kappa shape index (κ2) is 6.78. The van der Waals surface area contributed by atoms with Crippen LogP contribution in [-0.2, 0) is 6.54 Å². The lowest BCUT2D eigenvalue weighted by molar-refractivity contribution is 0.226. The Bertz CT molecular complexity index is 409. The first-order valence-electron chi connectivity index (χ1n) is 7.05. The van der Waals surface area contributed by atoms with Gasteiger partial charge in [0.2, 0.25) is 0 Å². The molecule has 0 bridgehead atoms. The lowest BCUT2D eigenvalue weighted by Crippen LogP contribution is -2.43. The van der Waals surface area contributed by atoms with Crippen LogP contribution in [0.3, 0.4) is 0 Å². The van der Waals surface area contributed by atoms with Gasteiger partial charge in [-0.25, -0.2) is 0 Å². The molecule has 0 aliphatic carbocycles. The van der Waals surface area contributed by atoms with Crippen LogP contribution in [0, 0.1) is 0 Å². The Hall–Kier alpha value is -1.26. The van der Waals surface area contributed by atoms with Gasteiger partial charge < -0.3 is 20.1 Å². The average molecular weight is 264 g/mol. The van der Waals surface area contributed by atoms with Gasteiger partial charge in [0, 0.05) is 19.1 Å². The molecule has 0 spiro atoms. The molecule has 2 N–H and O–H groups in total. The summed E-state index contributed by atoms with van der Waals surface area (Å²) < 4.78 is 5.40. The zero-order valence-electron chi connectivity index (χ0n) is 11.9. The van der Waals surface area contributed by atoms with Crippen molar-refractivity contribution < 1.29 is 9.84 Å². The molecule has 1 unspecified atom stereocenters. The summed E-state index contributed by atoms with van der Waals surface area (Å²) in [6.45, 7) is 5.61. The minimum Gasteiger partial charge on any atom is -0.504 e. The highest BCUT2D eigenvalue weighted by atomic mass is 16.5. The second-order valence-corrected chi connectivity index (χ2v) is 5.22.